The molecule has 3 N–H and O–H groups in total. The zero-order chi connectivity index (χ0) is 17.3. The van der Waals surface area contributed by atoms with Gasteiger partial charge in [0.2, 0.25) is 0 Å². The largest absolute Gasteiger partial charge is 0.494 e. The van der Waals surface area contributed by atoms with Crippen LogP contribution < -0.4 is 20.5 Å². The fourth-order valence-electron chi connectivity index (χ4n) is 2.22. The monoisotopic (exact) mass is 364 g/mol. The molecule has 0 unspecified atom stereocenters. The minimum absolute atomic E-state index is 0.193. The fraction of sp³-hybridized carbons (Fsp3) is 0.133. The van der Waals surface area contributed by atoms with Crippen LogP contribution in [-0.2, 0) is 0 Å². The first-order chi connectivity index (χ1) is 11.6. The Kier molecular flexibility index (Phi) is 4.41. The van der Waals surface area contributed by atoms with E-state index in [0.717, 1.165) is 4.70 Å². The van der Waals surface area contributed by atoms with Gasteiger partial charge in [0.15, 0.2) is 5.75 Å². The molecule has 7 nitrogen and oxygen atoms in total. The van der Waals surface area contributed by atoms with Crippen LogP contribution in [0.1, 0.15) is 10.4 Å². The zero-order valence-corrected chi connectivity index (χ0v) is 14.4. The van der Waals surface area contributed by atoms with Gasteiger partial charge < -0.3 is 20.5 Å². The Labute approximate surface area is 146 Å². The van der Waals surface area contributed by atoms with Gasteiger partial charge in [0.05, 0.1) is 35.7 Å². The Hall–Kier alpha value is -2.58. The number of rotatable bonds is 4. The Morgan fingerprint density at radius 3 is 2.88 bits per heavy atom. The number of methoxy groups -OCH3 is 2. The van der Waals surface area contributed by atoms with Crippen molar-refractivity contribution in [3.05, 3.63) is 34.6 Å². The number of benzene rings is 1. The van der Waals surface area contributed by atoms with Crippen LogP contribution in [0.15, 0.2) is 24.0 Å². The van der Waals surface area contributed by atoms with Crippen LogP contribution >= 0.6 is 22.9 Å². The van der Waals surface area contributed by atoms with Gasteiger partial charge in [-0.15, -0.1) is 11.3 Å². The SMILES string of the molecule is COc1cc(NC(=O)c2csc3cncnc23)c(Cl)c(OC)c1N. The van der Waals surface area contributed by atoms with Crippen LogP contribution in [0.2, 0.25) is 5.02 Å². The number of halogens is 1. The van der Waals surface area contributed by atoms with Gasteiger partial charge in [-0.1, -0.05) is 11.6 Å². The molecule has 124 valence electrons. The molecule has 9 heteroatoms. The van der Waals surface area contributed by atoms with E-state index in [0.29, 0.717) is 22.5 Å². The molecule has 1 aromatic carbocycles. The van der Waals surface area contributed by atoms with Gasteiger partial charge in [0, 0.05) is 17.6 Å². The van der Waals surface area contributed by atoms with E-state index in [2.05, 4.69) is 15.3 Å². The second kappa shape index (κ2) is 6.50. The van der Waals surface area contributed by atoms with Crippen LogP contribution in [-0.4, -0.2) is 30.1 Å². The maximum Gasteiger partial charge on any atom is 0.258 e. The van der Waals surface area contributed by atoms with Crippen LogP contribution in [0.3, 0.4) is 0 Å². The lowest BCUT2D eigenvalue weighted by Crippen LogP contribution is -2.13. The molecule has 0 fully saturated rings. The number of ether oxygens (including phenoxy) is 2. The van der Waals surface area contributed by atoms with Crippen molar-refractivity contribution in [2.45, 2.75) is 0 Å². The second-order valence-corrected chi connectivity index (χ2v) is 6.02. The Bertz CT molecular complexity index is 928. The molecule has 3 aromatic rings. The molecule has 3 rings (SSSR count). The van der Waals surface area contributed by atoms with Gasteiger partial charge in [0.25, 0.3) is 5.91 Å². The molecular weight excluding hydrogens is 352 g/mol. The highest BCUT2D eigenvalue weighted by molar-refractivity contribution is 7.17. The summed E-state index contributed by atoms with van der Waals surface area (Å²) >= 11 is 7.66. The third kappa shape index (κ3) is 2.70. The number of aromatic nitrogens is 2. The third-order valence-corrected chi connectivity index (χ3v) is 4.66. The van der Waals surface area contributed by atoms with Crippen LogP contribution in [0, 0.1) is 0 Å². The number of amides is 1. The molecule has 24 heavy (non-hydrogen) atoms. The average molecular weight is 365 g/mol. The average Bonchev–Trinajstić information content (AvgIpc) is 3.02. The van der Waals surface area contributed by atoms with E-state index in [1.165, 1.54) is 31.9 Å². The summed E-state index contributed by atoms with van der Waals surface area (Å²) < 4.78 is 11.2. The summed E-state index contributed by atoms with van der Waals surface area (Å²) in [6.45, 7) is 0. The first kappa shape index (κ1) is 16.3. The van der Waals surface area contributed by atoms with E-state index in [9.17, 15) is 4.79 Å². The summed E-state index contributed by atoms with van der Waals surface area (Å²) in [5, 5.41) is 4.65. The van der Waals surface area contributed by atoms with E-state index in [4.69, 9.17) is 26.8 Å². The van der Waals surface area contributed by atoms with Crippen molar-refractivity contribution in [1.29, 1.82) is 0 Å². The minimum atomic E-state index is -0.351. The van der Waals surface area contributed by atoms with E-state index >= 15 is 0 Å². The lowest BCUT2D eigenvalue weighted by atomic mass is 10.2. The fourth-order valence-corrected chi connectivity index (χ4v) is 3.36. The first-order valence-corrected chi connectivity index (χ1v) is 8.01. The number of thiophene rings is 1. The number of nitrogen functional groups attached to an aromatic ring is 1. The number of carbonyl (C=O) groups excluding carboxylic acids is 1. The summed E-state index contributed by atoms with van der Waals surface area (Å²) in [4.78, 5) is 20.7. The standard InChI is InChI=1S/C15H13ClN4O3S/c1-22-9-3-8(11(16)14(23-2)12(9)17)20-15(21)7-5-24-10-4-18-6-19-13(7)10/h3-6H,17H2,1-2H3,(H,20,21). The number of carbonyl (C=O) groups is 1. The van der Waals surface area contributed by atoms with Gasteiger partial charge in [-0.2, -0.15) is 0 Å². The maximum atomic E-state index is 12.6. The van der Waals surface area contributed by atoms with Crippen LogP contribution in [0.4, 0.5) is 11.4 Å². The number of nitrogens with two attached hydrogens (primary N) is 1. The summed E-state index contributed by atoms with van der Waals surface area (Å²) in [6, 6.07) is 1.54. The van der Waals surface area contributed by atoms with E-state index < -0.39 is 0 Å². The first-order valence-electron chi connectivity index (χ1n) is 6.75. The molecule has 0 saturated carbocycles. The highest BCUT2D eigenvalue weighted by atomic mass is 35.5. The minimum Gasteiger partial charge on any atom is -0.494 e. The lowest BCUT2D eigenvalue weighted by molar-refractivity contribution is 0.102. The molecule has 0 aliphatic carbocycles. The maximum absolute atomic E-state index is 12.6. The Morgan fingerprint density at radius 2 is 2.17 bits per heavy atom. The van der Waals surface area contributed by atoms with Gasteiger partial charge in [-0.05, 0) is 0 Å². The van der Waals surface area contributed by atoms with Gasteiger partial charge in [0.1, 0.15) is 22.8 Å². The molecule has 0 aliphatic heterocycles. The molecule has 0 radical (unpaired) electrons. The molecule has 0 atom stereocenters. The second-order valence-electron chi connectivity index (χ2n) is 4.73. The predicted octanol–water partition coefficient (Wildman–Crippen LogP) is 3.20. The van der Waals surface area contributed by atoms with Crippen molar-refractivity contribution in [3.8, 4) is 11.5 Å². The number of hydrogen-bond donors (Lipinski definition) is 2. The number of anilines is 2. The van der Waals surface area contributed by atoms with Crippen LogP contribution in [0.25, 0.3) is 10.2 Å². The van der Waals surface area contributed by atoms with Gasteiger partial charge in [-0.3, -0.25) is 4.79 Å². The van der Waals surface area contributed by atoms with E-state index in [1.54, 1.807) is 17.6 Å². The molecule has 0 saturated heterocycles. The van der Waals surface area contributed by atoms with E-state index in [1.807, 2.05) is 0 Å². The highest BCUT2D eigenvalue weighted by Gasteiger charge is 2.20. The number of hydrogen-bond acceptors (Lipinski definition) is 7. The molecule has 0 bridgehead atoms. The van der Waals surface area contributed by atoms with Crippen molar-refractivity contribution in [2.24, 2.45) is 0 Å². The lowest BCUT2D eigenvalue weighted by Gasteiger charge is -2.15. The van der Waals surface area contributed by atoms with Crippen molar-refractivity contribution >= 4 is 50.4 Å². The van der Waals surface area contributed by atoms with Crippen molar-refractivity contribution in [3.63, 3.8) is 0 Å². The normalized spacial score (nSPS) is 10.6. The third-order valence-electron chi connectivity index (χ3n) is 3.38. The summed E-state index contributed by atoms with van der Waals surface area (Å²) in [7, 11) is 2.90. The van der Waals surface area contributed by atoms with Crippen molar-refractivity contribution in [2.75, 3.05) is 25.3 Å². The summed E-state index contributed by atoms with van der Waals surface area (Å²) in [6.07, 6.45) is 3.06. The number of nitrogens with one attached hydrogen (secondary N) is 1. The Balaban J connectivity index is 2.00. The van der Waals surface area contributed by atoms with Crippen molar-refractivity contribution in [1.82, 2.24) is 9.97 Å². The highest BCUT2D eigenvalue weighted by Crippen LogP contribution is 2.43. The molecule has 1 amide bonds. The summed E-state index contributed by atoms with van der Waals surface area (Å²) in [5.74, 6) is 0.239. The molecule has 2 heterocycles. The van der Waals surface area contributed by atoms with Gasteiger partial charge >= 0.3 is 0 Å². The quantitative estimate of drug-likeness (QED) is 0.689. The predicted molar refractivity (Wildman–Crippen MR) is 94.3 cm³/mol. The molecule has 0 aliphatic rings. The smallest absolute Gasteiger partial charge is 0.258 e. The topological polar surface area (TPSA) is 99.4 Å². The number of fused-ring (bicyclic) bond motifs is 1. The van der Waals surface area contributed by atoms with E-state index in [-0.39, 0.29) is 22.4 Å². The molecule has 0 spiro atoms. The van der Waals surface area contributed by atoms with Crippen molar-refractivity contribution < 1.29 is 14.3 Å². The Morgan fingerprint density at radius 1 is 1.38 bits per heavy atom. The molecule has 2 aromatic heterocycles. The zero-order valence-electron chi connectivity index (χ0n) is 12.8. The number of nitrogens with zero attached hydrogens (tertiary/aromatic N) is 2. The van der Waals surface area contributed by atoms with Gasteiger partial charge in [-0.25, -0.2) is 9.97 Å². The molecular formula is C15H13ClN4O3S. The summed E-state index contributed by atoms with van der Waals surface area (Å²) in [5.41, 5.74) is 7.52. The van der Waals surface area contributed by atoms with Crippen LogP contribution in [0.5, 0.6) is 11.5 Å².